The van der Waals surface area contributed by atoms with E-state index in [1.807, 2.05) is 13.8 Å². The lowest BCUT2D eigenvalue weighted by Crippen LogP contribution is -2.40. The zero-order valence-electron chi connectivity index (χ0n) is 18.9. The van der Waals surface area contributed by atoms with Gasteiger partial charge in [0, 0.05) is 13.3 Å². The molecule has 0 saturated carbocycles. The Bertz CT molecular complexity index is 1130. The normalized spacial score (nSPS) is 13.8. The van der Waals surface area contributed by atoms with Gasteiger partial charge in [0.1, 0.15) is 5.75 Å². The maximum atomic E-state index is 12.8. The number of hydrogen-bond acceptors (Lipinski definition) is 6. The summed E-state index contributed by atoms with van der Waals surface area (Å²) in [6, 6.07) is 12.6. The topological polar surface area (TPSA) is 110 Å². The number of carbonyl (C=O) groups is 1. The van der Waals surface area contributed by atoms with Crippen LogP contribution in [0.3, 0.4) is 0 Å². The lowest BCUT2D eigenvalue weighted by atomic mass is 10.0. The van der Waals surface area contributed by atoms with Crippen LogP contribution in [0.5, 0.6) is 5.75 Å². The summed E-state index contributed by atoms with van der Waals surface area (Å²) >= 11 is 0. The van der Waals surface area contributed by atoms with Crippen LogP contribution in [-0.4, -0.2) is 48.4 Å². The highest BCUT2D eigenvalue weighted by Crippen LogP contribution is 2.23. The average Bonchev–Trinajstić information content (AvgIpc) is 2.74. The van der Waals surface area contributed by atoms with Crippen LogP contribution < -0.4 is 14.4 Å². The molecule has 0 heterocycles. The Morgan fingerprint density at radius 3 is 1.94 bits per heavy atom. The van der Waals surface area contributed by atoms with Crippen LogP contribution in [0.2, 0.25) is 0 Å². The first-order valence-electron chi connectivity index (χ1n) is 10.2. The van der Waals surface area contributed by atoms with E-state index in [-0.39, 0.29) is 16.8 Å². The van der Waals surface area contributed by atoms with Crippen molar-refractivity contribution in [3.05, 3.63) is 54.1 Å². The smallest absolute Gasteiger partial charge is 0.261 e. The first kappa shape index (κ1) is 25.7. The van der Waals surface area contributed by atoms with Crippen molar-refractivity contribution in [2.24, 2.45) is 0 Å². The first-order valence-corrected chi connectivity index (χ1v) is 13.9. The largest absolute Gasteiger partial charge is 0.481 e. The van der Waals surface area contributed by atoms with Crippen molar-refractivity contribution in [3.63, 3.8) is 0 Å². The SMILES string of the molecule is CC[C@H](Oc1ccc(N(C)S(C)(=O)=O)cc1)C(=O)N[C@H](CC)c1ccc(S(C)(=O)=O)cc1. The van der Waals surface area contributed by atoms with Gasteiger partial charge in [-0.2, -0.15) is 0 Å². The summed E-state index contributed by atoms with van der Waals surface area (Å²) in [5, 5.41) is 2.96. The van der Waals surface area contributed by atoms with Gasteiger partial charge in [0.2, 0.25) is 10.0 Å². The van der Waals surface area contributed by atoms with Gasteiger partial charge in [0.25, 0.3) is 5.91 Å². The molecule has 0 aliphatic carbocycles. The second kappa shape index (κ2) is 10.4. The molecule has 1 N–H and O–H groups in total. The number of anilines is 1. The molecule has 176 valence electrons. The van der Waals surface area contributed by atoms with E-state index < -0.39 is 26.0 Å². The minimum absolute atomic E-state index is 0.224. The van der Waals surface area contributed by atoms with Crippen molar-refractivity contribution in [1.82, 2.24) is 5.32 Å². The number of benzene rings is 2. The summed E-state index contributed by atoms with van der Waals surface area (Å²) in [5.41, 5.74) is 1.29. The number of hydrogen-bond donors (Lipinski definition) is 1. The van der Waals surface area contributed by atoms with Crippen LogP contribution in [0, 0.1) is 0 Å². The summed E-state index contributed by atoms with van der Waals surface area (Å²) in [4.78, 5) is 13.1. The van der Waals surface area contributed by atoms with E-state index in [9.17, 15) is 21.6 Å². The number of carbonyl (C=O) groups excluding carboxylic acids is 1. The Balaban J connectivity index is 2.09. The van der Waals surface area contributed by atoms with Gasteiger partial charge >= 0.3 is 0 Å². The maximum absolute atomic E-state index is 12.8. The molecule has 32 heavy (non-hydrogen) atoms. The molecule has 10 heteroatoms. The maximum Gasteiger partial charge on any atom is 0.261 e. The summed E-state index contributed by atoms with van der Waals surface area (Å²) in [7, 11) is -5.20. The van der Waals surface area contributed by atoms with Crippen LogP contribution in [0.1, 0.15) is 38.3 Å². The fourth-order valence-electron chi connectivity index (χ4n) is 3.05. The lowest BCUT2D eigenvalue weighted by Gasteiger charge is -2.23. The molecule has 0 fully saturated rings. The third kappa shape index (κ3) is 6.70. The Morgan fingerprint density at radius 1 is 0.938 bits per heavy atom. The van der Waals surface area contributed by atoms with Gasteiger partial charge in [-0.3, -0.25) is 9.10 Å². The number of rotatable bonds is 10. The van der Waals surface area contributed by atoms with Gasteiger partial charge in [-0.05, 0) is 54.8 Å². The van der Waals surface area contributed by atoms with Crippen molar-refractivity contribution in [3.8, 4) is 5.75 Å². The molecule has 0 saturated heterocycles. The Hall–Kier alpha value is -2.59. The molecule has 0 bridgehead atoms. The second-order valence-electron chi connectivity index (χ2n) is 7.55. The van der Waals surface area contributed by atoms with E-state index in [4.69, 9.17) is 4.74 Å². The van der Waals surface area contributed by atoms with Crippen molar-refractivity contribution in [2.45, 2.75) is 43.7 Å². The molecule has 2 aromatic carbocycles. The summed E-state index contributed by atoms with van der Waals surface area (Å²) in [6.45, 7) is 3.76. The zero-order valence-corrected chi connectivity index (χ0v) is 20.5. The van der Waals surface area contributed by atoms with E-state index >= 15 is 0 Å². The number of ether oxygens (including phenoxy) is 1. The van der Waals surface area contributed by atoms with Gasteiger partial charge in [0.15, 0.2) is 15.9 Å². The van der Waals surface area contributed by atoms with Crippen molar-refractivity contribution >= 4 is 31.5 Å². The van der Waals surface area contributed by atoms with Crippen LogP contribution in [0.4, 0.5) is 5.69 Å². The van der Waals surface area contributed by atoms with E-state index in [0.717, 1.165) is 22.4 Å². The van der Waals surface area contributed by atoms with E-state index in [1.54, 1.807) is 36.4 Å². The fourth-order valence-corrected chi connectivity index (χ4v) is 4.18. The van der Waals surface area contributed by atoms with Crippen molar-refractivity contribution in [2.75, 3.05) is 23.9 Å². The molecule has 0 aliphatic rings. The van der Waals surface area contributed by atoms with Crippen LogP contribution in [0.15, 0.2) is 53.4 Å². The molecule has 0 aromatic heterocycles. The van der Waals surface area contributed by atoms with E-state index in [2.05, 4.69) is 5.32 Å². The van der Waals surface area contributed by atoms with Crippen molar-refractivity contribution < 1.29 is 26.4 Å². The minimum Gasteiger partial charge on any atom is -0.481 e. The van der Waals surface area contributed by atoms with E-state index in [1.165, 1.54) is 19.2 Å². The Labute approximate surface area is 190 Å². The average molecular weight is 483 g/mol. The highest BCUT2D eigenvalue weighted by atomic mass is 32.2. The summed E-state index contributed by atoms with van der Waals surface area (Å²) < 4.78 is 53.6. The third-order valence-corrected chi connectivity index (χ3v) is 7.41. The van der Waals surface area contributed by atoms with Crippen molar-refractivity contribution in [1.29, 1.82) is 0 Å². The highest BCUT2D eigenvalue weighted by molar-refractivity contribution is 7.92. The van der Waals surface area contributed by atoms with Crippen LogP contribution in [0.25, 0.3) is 0 Å². The molecule has 0 unspecified atom stereocenters. The van der Waals surface area contributed by atoms with Crippen LogP contribution in [-0.2, 0) is 24.7 Å². The Kier molecular flexibility index (Phi) is 8.30. The molecule has 8 nitrogen and oxygen atoms in total. The van der Waals surface area contributed by atoms with Gasteiger partial charge in [0.05, 0.1) is 22.9 Å². The zero-order chi connectivity index (χ0) is 24.1. The fraction of sp³-hybridized carbons (Fsp3) is 0.409. The molecule has 0 spiro atoms. The predicted octanol–water partition coefficient (Wildman–Crippen LogP) is 2.91. The summed E-state index contributed by atoms with van der Waals surface area (Å²) in [5.74, 6) is 0.159. The minimum atomic E-state index is -3.37. The number of nitrogens with one attached hydrogen (secondary N) is 1. The van der Waals surface area contributed by atoms with Gasteiger partial charge < -0.3 is 10.1 Å². The monoisotopic (exact) mass is 482 g/mol. The molecular formula is C22H30N2O6S2. The van der Waals surface area contributed by atoms with Crippen LogP contribution >= 0.6 is 0 Å². The lowest BCUT2D eigenvalue weighted by molar-refractivity contribution is -0.128. The molecule has 1 amide bonds. The van der Waals surface area contributed by atoms with Gasteiger partial charge in [-0.15, -0.1) is 0 Å². The predicted molar refractivity (Wildman–Crippen MR) is 125 cm³/mol. The molecule has 2 aromatic rings. The number of amides is 1. The highest BCUT2D eigenvalue weighted by Gasteiger charge is 2.22. The molecule has 2 rings (SSSR count). The molecule has 2 atom stereocenters. The number of sulfonamides is 1. The molecular weight excluding hydrogens is 452 g/mol. The molecule has 0 aliphatic heterocycles. The standard InChI is InChI=1S/C22H30N2O6S2/c1-6-20(16-8-14-19(15-9-16)31(4,26)27)23-22(25)21(7-2)30-18-12-10-17(11-13-18)24(3)32(5,28)29/h8-15,20-21H,6-7H2,1-5H3,(H,23,25)/t20-,21+/m1/s1. The first-order chi connectivity index (χ1) is 14.9. The Morgan fingerprint density at radius 2 is 1.50 bits per heavy atom. The summed E-state index contributed by atoms with van der Waals surface area (Å²) in [6.07, 6.45) is 2.58. The van der Waals surface area contributed by atoms with Gasteiger partial charge in [-0.1, -0.05) is 26.0 Å². The quantitative estimate of drug-likeness (QED) is 0.558. The molecule has 0 radical (unpaired) electrons. The van der Waals surface area contributed by atoms with E-state index in [0.29, 0.717) is 24.3 Å². The second-order valence-corrected chi connectivity index (χ2v) is 11.6. The number of nitrogens with zero attached hydrogens (tertiary/aromatic N) is 1. The number of sulfone groups is 1. The van der Waals surface area contributed by atoms with Gasteiger partial charge in [-0.25, -0.2) is 16.8 Å². The third-order valence-electron chi connectivity index (χ3n) is 5.07.